The molecule has 4 heterocycles. The first-order valence-electron chi connectivity index (χ1n) is 13.1. The van der Waals surface area contributed by atoms with Crippen molar-refractivity contribution < 1.29 is 28.3 Å². The number of benzene rings is 2. The van der Waals surface area contributed by atoms with Crippen LogP contribution >= 0.6 is 0 Å². The van der Waals surface area contributed by atoms with E-state index in [1.54, 1.807) is 0 Å². The molecule has 0 radical (unpaired) electrons. The van der Waals surface area contributed by atoms with Gasteiger partial charge in [0.05, 0.1) is 38.4 Å². The standard InChI is InChI=1S/C29H34NO5/c31-27(21-19-33-20-21)35-29(22-9-3-1-4-10-22,23-11-5-2-6-12-23)28(32)34-26-17-24-13-14-25(18-26)30(24)15-7-8-16-30/h1-6,9-12,21,24-26H,7-8,13-20H2/q+1. The molecule has 0 saturated carbocycles. The molecule has 2 atom stereocenters. The first-order chi connectivity index (χ1) is 17.1. The number of piperidine rings is 1. The summed E-state index contributed by atoms with van der Waals surface area (Å²) in [6.45, 7) is 3.18. The molecule has 0 aliphatic carbocycles. The summed E-state index contributed by atoms with van der Waals surface area (Å²) in [6.07, 6.45) is 6.70. The van der Waals surface area contributed by atoms with Crippen LogP contribution in [0.15, 0.2) is 60.7 Å². The summed E-state index contributed by atoms with van der Waals surface area (Å²) >= 11 is 0. The fourth-order valence-corrected chi connectivity index (χ4v) is 7.05. The first kappa shape index (κ1) is 22.7. The van der Waals surface area contributed by atoms with Gasteiger partial charge in [0.1, 0.15) is 12.0 Å². The van der Waals surface area contributed by atoms with Gasteiger partial charge in [-0.3, -0.25) is 4.79 Å². The SMILES string of the molecule is O=C(OC(C(=O)OC1CC2CCC(C1)[N+]21CCCC1)(c1ccccc1)c1ccccc1)C1COC1. The number of carbonyl (C=O) groups excluding carboxylic acids is 2. The zero-order chi connectivity index (χ0) is 23.9. The van der Waals surface area contributed by atoms with Crippen LogP contribution in [-0.2, 0) is 29.4 Å². The van der Waals surface area contributed by atoms with Crippen molar-refractivity contribution in [1.82, 2.24) is 0 Å². The van der Waals surface area contributed by atoms with Crippen molar-refractivity contribution >= 4 is 11.9 Å². The lowest BCUT2D eigenvalue weighted by Gasteiger charge is -2.47. The fourth-order valence-electron chi connectivity index (χ4n) is 7.05. The van der Waals surface area contributed by atoms with Gasteiger partial charge < -0.3 is 18.7 Å². The van der Waals surface area contributed by atoms with Crippen LogP contribution in [0.4, 0.5) is 0 Å². The lowest BCUT2D eigenvalue weighted by atomic mass is 9.85. The maximum absolute atomic E-state index is 14.2. The fraction of sp³-hybridized carbons (Fsp3) is 0.517. The molecule has 2 bridgehead atoms. The van der Waals surface area contributed by atoms with Crippen LogP contribution in [0.1, 0.15) is 49.7 Å². The van der Waals surface area contributed by atoms with Crippen molar-refractivity contribution in [2.45, 2.75) is 62.3 Å². The molecule has 4 aliphatic heterocycles. The Labute approximate surface area is 206 Å². The maximum atomic E-state index is 14.2. The van der Waals surface area contributed by atoms with Gasteiger partial charge >= 0.3 is 11.9 Å². The van der Waals surface area contributed by atoms with Gasteiger partial charge in [0, 0.05) is 49.7 Å². The summed E-state index contributed by atoms with van der Waals surface area (Å²) in [4.78, 5) is 27.4. The highest BCUT2D eigenvalue weighted by atomic mass is 16.6. The minimum absolute atomic E-state index is 0.151. The number of esters is 2. The normalized spacial score (nSPS) is 27.4. The van der Waals surface area contributed by atoms with E-state index in [-0.39, 0.29) is 12.0 Å². The molecule has 6 rings (SSSR count). The quantitative estimate of drug-likeness (QED) is 0.467. The van der Waals surface area contributed by atoms with Gasteiger partial charge in [0.15, 0.2) is 0 Å². The molecule has 4 fully saturated rings. The summed E-state index contributed by atoms with van der Waals surface area (Å²) in [7, 11) is 0. The highest BCUT2D eigenvalue weighted by Crippen LogP contribution is 2.47. The van der Waals surface area contributed by atoms with Crippen LogP contribution in [0.3, 0.4) is 0 Å². The van der Waals surface area contributed by atoms with Crippen LogP contribution < -0.4 is 0 Å². The largest absolute Gasteiger partial charge is 0.458 e. The van der Waals surface area contributed by atoms with Crippen LogP contribution in [0.2, 0.25) is 0 Å². The molecule has 184 valence electrons. The molecule has 0 amide bonds. The van der Waals surface area contributed by atoms with E-state index in [9.17, 15) is 9.59 Å². The van der Waals surface area contributed by atoms with Gasteiger partial charge in [-0.05, 0) is 0 Å². The smallest absolute Gasteiger partial charge is 0.360 e. The molecular weight excluding hydrogens is 442 g/mol. The van der Waals surface area contributed by atoms with Crippen LogP contribution in [-0.4, -0.2) is 60.9 Å². The number of hydrogen-bond donors (Lipinski definition) is 0. The van der Waals surface area contributed by atoms with Crippen LogP contribution in [0.25, 0.3) is 0 Å². The van der Waals surface area contributed by atoms with Crippen LogP contribution in [0.5, 0.6) is 0 Å². The Morgan fingerprint density at radius 2 is 1.37 bits per heavy atom. The van der Waals surface area contributed by atoms with Crippen LogP contribution in [0, 0.1) is 5.92 Å². The molecule has 4 saturated heterocycles. The minimum atomic E-state index is -1.65. The van der Waals surface area contributed by atoms with E-state index >= 15 is 0 Å². The number of rotatable bonds is 6. The molecule has 2 aromatic rings. The van der Waals surface area contributed by atoms with Gasteiger partial charge in [-0.25, -0.2) is 4.79 Å². The molecule has 4 aliphatic rings. The van der Waals surface area contributed by atoms with E-state index in [0.717, 1.165) is 12.8 Å². The monoisotopic (exact) mass is 476 g/mol. The zero-order valence-corrected chi connectivity index (χ0v) is 20.1. The van der Waals surface area contributed by atoms with E-state index in [1.165, 1.54) is 43.3 Å². The van der Waals surface area contributed by atoms with E-state index in [2.05, 4.69) is 0 Å². The summed E-state index contributed by atoms with van der Waals surface area (Å²) in [6, 6.07) is 19.8. The molecule has 2 aromatic carbocycles. The Balaban J connectivity index is 1.33. The van der Waals surface area contributed by atoms with E-state index in [4.69, 9.17) is 14.2 Å². The predicted molar refractivity (Wildman–Crippen MR) is 129 cm³/mol. The number of ether oxygens (including phenoxy) is 3. The van der Waals surface area contributed by atoms with E-state index in [1.807, 2.05) is 60.7 Å². The third-order valence-corrected chi connectivity index (χ3v) is 8.90. The average molecular weight is 477 g/mol. The Morgan fingerprint density at radius 3 is 1.86 bits per heavy atom. The topological polar surface area (TPSA) is 61.8 Å². The summed E-state index contributed by atoms with van der Waals surface area (Å²) in [5, 5.41) is 0. The number of carbonyl (C=O) groups is 2. The highest BCUT2D eigenvalue weighted by molar-refractivity contribution is 5.89. The van der Waals surface area contributed by atoms with Gasteiger partial charge in [-0.15, -0.1) is 0 Å². The van der Waals surface area contributed by atoms with Gasteiger partial charge in [-0.1, -0.05) is 60.7 Å². The second-order valence-electron chi connectivity index (χ2n) is 10.7. The molecule has 0 N–H and O–H groups in total. The molecule has 0 aromatic heterocycles. The molecule has 1 spiro atoms. The van der Waals surface area contributed by atoms with Crippen molar-refractivity contribution in [1.29, 1.82) is 0 Å². The Morgan fingerprint density at radius 1 is 0.829 bits per heavy atom. The maximum Gasteiger partial charge on any atom is 0.360 e. The number of nitrogens with zero attached hydrogens (tertiary/aromatic N) is 1. The zero-order valence-electron chi connectivity index (χ0n) is 20.1. The third kappa shape index (κ3) is 3.78. The molecule has 6 heteroatoms. The highest BCUT2D eigenvalue weighted by Gasteiger charge is 2.57. The first-order valence-corrected chi connectivity index (χ1v) is 13.1. The van der Waals surface area contributed by atoms with Gasteiger partial charge in [-0.2, -0.15) is 0 Å². The van der Waals surface area contributed by atoms with E-state index in [0.29, 0.717) is 36.4 Å². The second kappa shape index (κ2) is 9.07. The Bertz CT molecular complexity index is 1010. The van der Waals surface area contributed by atoms with Gasteiger partial charge in [0.25, 0.3) is 5.60 Å². The Hall–Kier alpha value is -2.70. The van der Waals surface area contributed by atoms with Crippen molar-refractivity contribution in [3.8, 4) is 0 Å². The number of quaternary nitrogens is 1. The lowest BCUT2D eigenvalue weighted by Crippen LogP contribution is -2.60. The second-order valence-corrected chi connectivity index (χ2v) is 10.7. The van der Waals surface area contributed by atoms with Crippen molar-refractivity contribution in [2.24, 2.45) is 5.92 Å². The third-order valence-electron chi connectivity index (χ3n) is 8.90. The van der Waals surface area contributed by atoms with Crippen molar-refractivity contribution in [3.05, 3.63) is 71.8 Å². The van der Waals surface area contributed by atoms with E-state index < -0.39 is 17.5 Å². The molecule has 2 unspecified atom stereocenters. The summed E-state index contributed by atoms with van der Waals surface area (Å²) in [5.74, 6) is -1.28. The summed E-state index contributed by atoms with van der Waals surface area (Å²) < 4.78 is 19.0. The van der Waals surface area contributed by atoms with Crippen molar-refractivity contribution in [3.63, 3.8) is 0 Å². The summed E-state index contributed by atoms with van der Waals surface area (Å²) in [5.41, 5.74) is -0.441. The minimum Gasteiger partial charge on any atom is -0.458 e. The van der Waals surface area contributed by atoms with Gasteiger partial charge in [0.2, 0.25) is 0 Å². The molecular formula is C29H34NO5+. The number of hydrogen-bond acceptors (Lipinski definition) is 5. The Kier molecular flexibility index (Phi) is 5.89. The molecule has 35 heavy (non-hydrogen) atoms. The predicted octanol–water partition coefficient (Wildman–Crippen LogP) is 3.97. The average Bonchev–Trinajstić information content (AvgIpc) is 3.39. The molecule has 6 nitrogen and oxygen atoms in total. The lowest BCUT2D eigenvalue weighted by molar-refractivity contribution is -0.956. The van der Waals surface area contributed by atoms with Crippen molar-refractivity contribution in [2.75, 3.05) is 26.3 Å².